The summed E-state index contributed by atoms with van der Waals surface area (Å²) >= 11 is 0. The van der Waals surface area contributed by atoms with Crippen molar-refractivity contribution in [2.75, 3.05) is 0 Å². The highest BCUT2D eigenvalue weighted by molar-refractivity contribution is 6.02. The van der Waals surface area contributed by atoms with Crippen molar-refractivity contribution in [2.24, 2.45) is 0 Å². The van der Waals surface area contributed by atoms with Crippen LogP contribution in [0.2, 0.25) is 0 Å². The number of nitrogens with zero attached hydrogens (tertiary/aromatic N) is 4. The van der Waals surface area contributed by atoms with Gasteiger partial charge in [-0.25, -0.2) is 14.4 Å². The lowest BCUT2D eigenvalue weighted by Crippen LogP contribution is -2.01. The van der Waals surface area contributed by atoms with Gasteiger partial charge in [-0.2, -0.15) is 0 Å². The Balaban J connectivity index is 1.86. The molecular weight excluding hydrogens is 356 g/mol. The predicted molar refractivity (Wildman–Crippen MR) is 103 cm³/mol. The molecule has 0 fully saturated rings. The molecule has 0 radical (unpaired) electrons. The SMILES string of the molecule is O=C(O)c1ccccc1-c1cc2cccnc2c(-c2cccc3nonc23)n1. The summed E-state index contributed by atoms with van der Waals surface area (Å²) in [7, 11) is 0. The predicted octanol–water partition coefficient (Wildman–Crippen LogP) is 4.20. The lowest BCUT2D eigenvalue weighted by molar-refractivity contribution is 0.0697. The van der Waals surface area contributed by atoms with Crippen LogP contribution in [0.15, 0.2) is 71.5 Å². The van der Waals surface area contributed by atoms with Crippen LogP contribution in [0.4, 0.5) is 0 Å². The zero-order valence-corrected chi connectivity index (χ0v) is 14.4. The second-order valence-electron chi connectivity index (χ2n) is 6.22. The molecule has 0 spiro atoms. The fraction of sp³-hybridized carbons (Fsp3) is 0. The van der Waals surface area contributed by atoms with E-state index in [4.69, 9.17) is 9.61 Å². The highest BCUT2D eigenvalue weighted by atomic mass is 16.6. The lowest BCUT2D eigenvalue weighted by Gasteiger charge is -2.11. The minimum Gasteiger partial charge on any atom is -0.478 e. The van der Waals surface area contributed by atoms with E-state index in [1.165, 1.54) is 0 Å². The standard InChI is InChI=1S/C21H12N4O3/c26-21(27)14-7-2-1-6-13(14)17-11-12-5-4-10-22-18(12)20(23-17)15-8-3-9-16-19(15)25-28-24-16/h1-11H,(H,26,27). The Kier molecular flexibility index (Phi) is 3.58. The smallest absolute Gasteiger partial charge is 0.336 e. The lowest BCUT2D eigenvalue weighted by atomic mass is 10.0. The van der Waals surface area contributed by atoms with Crippen molar-refractivity contribution in [2.45, 2.75) is 0 Å². The van der Waals surface area contributed by atoms with E-state index < -0.39 is 5.97 Å². The number of carboxylic acid groups (broad SMARTS) is 1. The maximum Gasteiger partial charge on any atom is 0.336 e. The molecule has 5 aromatic rings. The summed E-state index contributed by atoms with van der Waals surface area (Å²) < 4.78 is 4.88. The van der Waals surface area contributed by atoms with Gasteiger partial charge in [-0.15, -0.1) is 0 Å². The third-order valence-corrected chi connectivity index (χ3v) is 4.56. The highest BCUT2D eigenvalue weighted by Gasteiger charge is 2.18. The first-order valence-electron chi connectivity index (χ1n) is 8.52. The van der Waals surface area contributed by atoms with Crippen LogP contribution in [0, 0.1) is 0 Å². The number of carboxylic acids is 1. The quantitative estimate of drug-likeness (QED) is 0.509. The number of aromatic carboxylic acids is 1. The second kappa shape index (κ2) is 6.24. The number of hydrogen-bond acceptors (Lipinski definition) is 6. The van der Waals surface area contributed by atoms with Crippen LogP contribution in [0.3, 0.4) is 0 Å². The van der Waals surface area contributed by atoms with Crippen molar-refractivity contribution in [3.8, 4) is 22.5 Å². The molecule has 0 saturated heterocycles. The van der Waals surface area contributed by atoms with Crippen LogP contribution in [-0.2, 0) is 0 Å². The average molecular weight is 368 g/mol. The monoisotopic (exact) mass is 368 g/mol. The van der Waals surface area contributed by atoms with E-state index >= 15 is 0 Å². The molecule has 2 aromatic carbocycles. The van der Waals surface area contributed by atoms with Gasteiger partial charge in [-0.05, 0) is 34.6 Å². The molecule has 0 saturated carbocycles. The number of aromatic nitrogens is 4. The van der Waals surface area contributed by atoms with Crippen LogP contribution >= 0.6 is 0 Å². The van der Waals surface area contributed by atoms with E-state index in [-0.39, 0.29) is 5.56 Å². The Hall–Kier alpha value is -4.13. The number of carbonyl (C=O) groups is 1. The number of hydrogen-bond donors (Lipinski definition) is 1. The van der Waals surface area contributed by atoms with Gasteiger partial charge in [0.2, 0.25) is 0 Å². The van der Waals surface area contributed by atoms with Crippen LogP contribution in [-0.4, -0.2) is 31.4 Å². The molecular formula is C21H12N4O3. The molecule has 0 unspecified atom stereocenters. The molecule has 0 bridgehead atoms. The van der Waals surface area contributed by atoms with Gasteiger partial charge < -0.3 is 5.11 Å². The third-order valence-electron chi connectivity index (χ3n) is 4.56. The van der Waals surface area contributed by atoms with Crippen LogP contribution in [0.1, 0.15) is 10.4 Å². The average Bonchev–Trinajstić information content (AvgIpc) is 3.22. The molecule has 7 heteroatoms. The molecule has 3 aromatic heterocycles. The Bertz CT molecular complexity index is 1360. The van der Waals surface area contributed by atoms with Gasteiger partial charge in [-0.3, -0.25) is 4.98 Å². The molecule has 0 aliphatic rings. The van der Waals surface area contributed by atoms with Crippen molar-refractivity contribution in [3.05, 3.63) is 72.4 Å². The molecule has 0 amide bonds. The molecule has 134 valence electrons. The summed E-state index contributed by atoms with van der Waals surface area (Å²) in [5.41, 5.74) is 4.45. The zero-order valence-electron chi connectivity index (χ0n) is 14.4. The second-order valence-corrected chi connectivity index (χ2v) is 6.22. The number of fused-ring (bicyclic) bond motifs is 2. The summed E-state index contributed by atoms with van der Waals surface area (Å²) in [6.45, 7) is 0. The van der Waals surface area contributed by atoms with Crippen LogP contribution in [0.5, 0.6) is 0 Å². The fourth-order valence-corrected chi connectivity index (χ4v) is 3.30. The molecule has 5 rings (SSSR count). The molecule has 0 aliphatic carbocycles. The van der Waals surface area contributed by atoms with Gasteiger partial charge in [0, 0.05) is 22.7 Å². The molecule has 1 N–H and O–H groups in total. The molecule has 3 heterocycles. The molecule has 0 aliphatic heterocycles. The van der Waals surface area contributed by atoms with E-state index in [0.29, 0.717) is 33.5 Å². The summed E-state index contributed by atoms with van der Waals surface area (Å²) in [6, 6.07) is 17.9. The first-order chi connectivity index (χ1) is 13.7. The maximum absolute atomic E-state index is 11.7. The van der Waals surface area contributed by atoms with Crippen molar-refractivity contribution in [1.82, 2.24) is 20.3 Å². The number of benzene rings is 2. The first kappa shape index (κ1) is 16.1. The van der Waals surface area contributed by atoms with Crippen molar-refractivity contribution < 1.29 is 14.5 Å². The third kappa shape index (κ3) is 2.49. The van der Waals surface area contributed by atoms with E-state index in [2.05, 4.69) is 15.3 Å². The van der Waals surface area contributed by atoms with Gasteiger partial charge in [0.25, 0.3) is 0 Å². The minimum absolute atomic E-state index is 0.186. The topological polar surface area (TPSA) is 102 Å². The van der Waals surface area contributed by atoms with Gasteiger partial charge in [0.15, 0.2) is 0 Å². The van der Waals surface area contributed by atoms with Crippen molar-refractivity contribution in [1.29, 1.82) is 0 Å². The molecule has 28 heavy (non-hydrogen) atoms. The van der Waals surface area contributed by atoms with Gasteiger partial charge in [0.05, 0.1) is 22.5 Å². The van der Waals surface area contributed by atoms with E-state index in [1.54, 1.807) is 36.5 Å². The highest BCUT2D eigenvalue weighted by Crippen LogP contribution is 2.33. The van der Waals surface area contributed by atoms with Crippen molar-refractivity contribution in [3.63, 3.8) is 0 Å². The fourth-order valence-electron chi connectivity index (χ4n) is 3.30. The Morgan fingerprint density at radius 2 is 1.75 bits per heavy atom. The Morgan fingerprint density at radius 1 is 0.893 bits per heavy atom. The Labute approximate surface area is 158 Å². The van der Waals surface area contributed by atoms with Crippen LogP contribution < -0.4 is 0 Å². The van der Waals surface area contributed by atoms with Gasteiger partial charge in [0.1, 0.15) is 11.0 Å². The molecule has 0 atom stereocenters. The summed E-state index contributed by atoms with van der Waals surface area (Å²) in [5.74, 6) is -1.01. The summed E-state index contributed by atoms with van der Waals surface area (Å²) in [4.78, 5) is 20.9. The largest absolute Gasteiger partial charge is 0.478 e. The first-order valence-corrected chi connectivity index (χ1v) is 8.52. The Morgan fingerprint density at radius 3 is 2.64 bits per heavy atom. The van der Waals surface area contributed by atoms with E-state index in [9.17, 15) is 9.90 Å². The van der Waals surface area contributed by atoms with Crippen LogP contribution in [0.25, 0.3) is 44.5 Å². The molecule has 7 nitrogen and oxygen atoms in total. The van der Waals surface area contributed by atoms with E-state index in [1.807, 2.05) is 30.3 Å². The summed E-state index contributed by atoms with van der Waals surface area (Å²) in [5, 5.41) is 18.3. The zero-order chi connectivity index (χ0) is 19.1. The normalized spacial score (nSPS) is 11.1. The maximum atomic E-state index is 11.7. The number of pyridine rings is 2. The minimum atomic E-state index is -1.01. The van der Waals surface area contributed by atoms with Gasteiger partial charge in [-0.1, -0.05) is 36.4 Å². The number of rotatable bonds is 3. The van der Waals surface area contributed by atoms with E-state index in [0.717, 1.165) is 10.9 Å². The van der Waals surface area contributed by atoms with Gasteiger partial charge >= 0.3 is 5.97 Å². The summed E-state index contributed by atoms with van der Waals surface area (Å²) in [6.07, 6.45) is 1.69. The van der Waals surface area contributed by atoms with Crippen molar-refractivity contribution >= 4 is 27.9 Å².